The van der Waals surface area contributed by atoms with Crippen molar-refractivity contribution in [1.82, 2.24) is 25.5 Å². The quantitative estimate of drug-likeness (QED) is 0.771. The summed E-state index contributed by atoms with van der Waals surface area (Å²) in [5, 5.41) is 14.2. The molecule has 1 N–H and O–H groups in total. The average molecular weight is 363 g/mol. The molecule has 1 aliphatic rings. The number of aromatic nitrogens is 4. The average Bonchev–Trinajstić information content (AvgIpc) is 3.14. The Kier molecular flexibility index (Phi) is 4.35. The summed E-state index contributed by atoms with van der Waals surface area (Å²) in [6.45, 7) is 4.64. The Balaban J connectivity index is 1.49. The van der Waals surface area contributed by atoms with Crippen LogP contribution in [0.25, 0.3) is 0 Å². The third-order valence-electron chi connectivity index (χ3n) is 4.63. The molecule has 0 saturated heterocycles. The third kappa shape index (κ3) is 3.81. The van der Waals surface area contributed by atoms with Crippen LogP contribution in [0.5, 0.6) is 5.75 Å². The molecule has 138 valence electrons. The first-order chi connectivity index (χ1) is 13.0. The fourth-order valence-corrected chi connectivity index (χ4v) is 3.37. The molecule has 7 heteroatoms. The van der Waals surface area contributed by atoms with Crippen molar-refractivity contribution < 1.29 is 9.53 Å². The Morgan fingerprint density at radius 1 is 1.22 bits per heavy atom. The number of rotatable bonds is 4. The van der Waals surface area contributed by atoms with Gasteiger partial charge in [-0.3, -0.25) is 4.79 Å². The molecule has 1 amide bonds. The summed E-state index contributed by atoms with van der Waals surface area (Å²) >= 11 is 0. The highest BCUT2D eigenvalue weighted by Gasteiger charge is 2.34. The molecule has 1 aliphatic heterocycles. The molecular weight excluding hydrogens is 342 g/mol. The van der Waals surface area contributed by atoms with Gasteiger partial charge in [-0.25, -0.2) is 4.68 Å². The number of para-hydroxylation sites is 1. The van der Waals surface area contributed by atoms with E-state index in [4.69, 9.17) is 4.74 Å². The number of fused-ring (bicyclic) bond motifs is 1. The van der Waals surface area contributed by atoms with Gasteiger partial charge in [-0.05, 0) is 48.0 Å². The largest absolute Gasteiger partial charge is 0.487 e. The van der Waals surface area contributed by atoms with Crippen LogP contribution >= 0.6 is 0 Å². The molecule has 1 atom stereocenters. The minimum atomic E-state index is -0.331. The SMILES string of the molecule is CC1(C)C[C@@H](NC(=O)c2ccc(Cn3cnnn3)cc2)c2ccccc2O1. The van der Waals surface area contributed by atoms with Crippen LogP contribution < -0.4 is 10.1 Å². The smallest absolute Gasteiger partial charge is 0.251 e. The Morgan fingerprint density at radius 2 is 2.00 bits per heavy atom. The second kappa shape index (κ2) is 6.83. The van der Waals surface area contributed by atoms with Crippen molar-refractivity contribution in [2.75, 3.05) is 0 Å². The maximum atomic E-state index is 12.8. The van der Waals surface area contributed by atoms with Crippen molar-refractivity contribution in [3.05, 3.63) is 71.5 Å². The van der Waals surface area contributed by atoms with Crippen LogP contribution in [0.3, 0.4) is 0 Å². The van der Waals surface area contributed by atoms with Crippen LogP contribution in [0.4, 0.5) is 0 Å². The fourth-order valence-electron chi connectivity index (χ4n) is 3.37. The van der Waals surface area contributed by atoms with E-state index in [0.717, 1.165) is 16.9 Å². The summed E-state index contributed by atoms with van der Waals surface area (Å²) in [5.41, 5.74) is 2.33. The molecule has 1 aromatic heterocycles. The Hall–Kier alpha value is -3.22. The zero-order valence-corrected chi connectivity index (χ0v) is 15.3. The molecule has 0 bridgehead atoms. The number of hydrogen-bond donors (Lipinski definition) is 1. The van der Waals surface area contributed by atoms with Gasteiger partial charge >= 0.3 is 0 Å². The highest BCUT2D eigenvalue weighted by molar-refractivity contribution is 5.94. The number of nitrogens with one attached hydrogen (secondary N) is 1. The summed E-state index contributed by atoms with van der Waals surface area (Å²) < 4.78 is 7.67. The zero-order valence-electron chi connectivity index (χ0n) is 15.3. The van der Waals surface area contributed by atoms with E-state index in [0.29, 0.717) is 18.5 Å². The van der Waals surface area contributed by atoms with Crippen molar-refractivity contribution in [3.63, 3.8) is 0 Å². The van der Waals surface area contributed by atoms with Gasteiger partial charge in [0.2, 0.25) is 0 Å². The van der Waals surface area contributed by atoms with Crippen molar-refractivity contribution in [3.8, 4) is 5.75 Å². The van der Waals surface area contributed by atoms with Crippen LogP contribution in [0.15, 0.2) is 54.9 Å². The highest BCUT2D eigenvalue weighted by Crippen LogP contribution is 2.39. The molecule has 2 heterocycles. The molecule has 0 aliphatic carbocycles. The molecule has 3 aromatic rings. The monoisotopic (exact) mass is 363 g/mol. The zero-order chi connectivity index (χ0) is 18.9. The van der Waals surface area contributed by atoms with Gasteiger partial charge in [0.15, 0.2) is 0 Å². The lowest BCUT2D eigenvalue weighted by Crippen LogP contribution is -2.41. The van der Waals surface area contributed by atoms with E-state index in [-0.39, 0.29) is 17.6 Å². The topological polar surface area (TPSA) is 81.9 Å². The lowest BCUT2D eigenvalue weighted by Gasteiger charge is -2.37. The second-order valence-corrected chi connectivity index (χ2v) is 7.33. The molecule has 4 rings (SSSR count). The maximum absolute atomic E-state index is 12.8. The van der Waals surface area contributed by atoms with Crippen molar-refractivity contribution in [2.45, 2.75) is 38.5 Å². The minimum Gasteiger partial charge on any atom is -0.487 e. The van der Waals surface area contributed by atoms with E-state index >= 15 is 0 Å². The van der Waals surface area contributed by atoms with Crippen LogP contribution in [-0.2, 0) is 6.54 Å². The van der Waals surface area contributed by atoms with Gasteiger partial charge in [-0.2, -0.15) is 0 Å². The first-order valence-electron chi connectivity index (χ1n) is 8.89. The van der Waals surface area contributed by atoms with Crippen molar-refractivity contribution in [2.24, 2.45) is 0 Å². The predicted molar refractivity (Wildman–Crippen MR) is 99.3 cm³/mol. The number of hydrogen-bond acceptors (Lipinski definition) is 5. The number of amides is 1. The lowest BCUT2D eigenvalue weighted by atomic mass is 9.89. The highest BCUT2D eigenvalue weighted by atomic mass is 16.5. The van der Waals surface area contributed by atoms with Crippen molar-refractivity contribution >= 4 is 5.91 Å². The minimum absolute atomic E-state index is 0.0849. The molecule has 0 unspecified atom stereocenters. The molecule has 0 spiro atoms. The summed E-state index contributed by atoms with van der Waals surface area (Å²) in [4.78, 5) is 12.8. The number of ether oxygens (including phenoxy) is 1. The number of tetrazole rings is 1. The maximum Gasteiger partial charge on any atom is 0.251 e. The van der Waals surface area contributed by atoms with Gasteiger partial charge in [0, 0.05) is 17.5 Å². The van der Waals surface area contributed by atoms with Gasteiger partial charge in [0.25, 0.3) is 5.91 Å². The Labute approximate surface area is 157 Å². The van der Waals surface area contributed by atoms with Gasteiger partial charge in [-0.15, -0.1) is 5.10 Å². The summed E-state index contributed by atoms with van der Waals surface area (Å²) in [6.07, 6.45) is 2.28. The summed E-state index contributed by atoms with van der Waals surface area (Å²) in [5.74, 6) is 0.734. The van der Waals surface area contributed by atoms with Crippen molar-refractivity contribution in [1.29, 1.82) is 0 Å². The van der Waals surface area contributed by atoms with E-state index < -0.39 is 0 Å². The van der Waals surface area contributed by atoms with Crippen LogP contribution in [-0.4, -0.2) is 31.7 Å². The second-order valence-electron chi connectivity index (χ2n) is 7.33. The Bertz CT molecular complexity index is 935. The van der Waals surface area contributed by atoms with Crippen LogP contribution in [0.1, 0.15) is 47.8 Å². The van der Waals surface area contributed by atoms with E-state index in [1.54, 1.807) is 11.0 Å². The molecule has 0 fully saturated rings. The third-order valence-corrected chi connectivity index (χ3v) is 4.63. The van der Waals surface area contributed by atoms with E-state index in [1.165, 1.54) is 0 Å². The number of carbonyl (C=O) groups is 1. The van der Waals surface area contributed by atoms with Gasteiger partial charge < -0.3 is 10.1 Å². The molecule has 0 saturated carbocycles. The summed E-state index contributed by atoms with van der Waals surface area (Å²) in [7, 11) is 0. The van der Waals surface area contributed by atoms with Gasteiger partial charge in [0.05, 0.1) is 12.6 Å². The molecule has 27 heavy (non-hydrogen) atoms. The first-order valence-corrected chi connectivity index (χ1v) is 8.89. The molecule has 0 radical (unpaired) electrons. The number of benzene rings is 2. The van der Waals surface area contributed by atoms with E-state index in [1.807, 2.05) is 62.4 Å². The van der Waals surface area contributed by atoms with E-state index in [9.17, 15) is 4.79 Å². The van der Waals surface area contributed by atoms with Crippen LogP contribution in [0.2, 0.25) is 0 Å². The first kappa shape index (κ1) is 17.2. The Morgan fingerprint density at radius 3 is 2.74 bits per heavy atom. The van der Waals surface area contributed by atoms with Gasteiger partial charge in [-0.1, -0.05) is 30.3 Å². The fraction of sp³-hybridized carbons (Fsp3) is 0.300. The number of nitrogens with zero attached hydrogens (tertiary/aromatic N) is 4. The summed E-state index contributed by atoms with van der Waals surface area (Å²) in [6, 6.07) is 15.3. The predicted octanol–water partition coefficient (Wildman–Crippen LogP) is 2.75. The van der Waals surface area contributed by atoms with E-state index in [2.05, 4.69) is 20.8 Å². The lowest BCUT2D eigenvalue weighted by molar-refractivity contribution is 0.0619. The normalized spacial score (nSPS) is 17.6. The number of carbonyl (C=O) groups excluding carboxylic acids is 1. The molecular formula is C20H21N5O2. The molecule has 2 aromatic carbocycles. The van der Waals surface area contributed by atoms with Gasteiger partial charge in [0.1, 0.15) is 17.7 Å². The van der Waals surface area contributed by atoms with Crippen LogP contribution in [0, 0.1) is 0 Å². The standard InChI is InChI=1S/C20H21N5O2/c1-20(2)11-17(16-5-3-4-6-18(16)27-20)22-19(26)15-9-7-14(8-10-15)12-25-13-21-23-24-25/h3-10,13,17H,11-12H2,1-2H3,(H,22,26)/t17-/m1/s1. The molecule has 7 nitrogen and oxygen atoms in total.